The lowest BCUT2D eigenvalue weighted by Crippen LogP contribution is -2.31. The third-order valence-corrected chi connectivity index (χ3v) is 3.94. The fourth-order valence-electron chi connectivity index (χ4n) is 2.80. The van der Waals surface area contributed by atoms with E-state index in [2.05, 4.69) is 9.88 Å². The van der Waals surface area contributed by atoms with E-state index in [0.717, 1.165) is 43.6 Å². The highest BCUT2D eigenvalue weighted by Crippen LogP contribution is 2.24. The molecule has 21 heavy (non-hydrogen) atoms. The molecule has 1 aliphatic rings. The van der Waals surface area contributed by atoms with Gasteiger partial charge in [-0.15, -0.1) is 0 Å². The van der Waals surface area contributed by atoms with Gasteiger partial charge >= 0.3 is 5.97 Å². The molecule has 1 aromatic rings. The molecule has 0 unspecified atom stereocenters. The van der Waals surface area contributed by atoms with Crippen molar-refractivity contribution in [3.8, 4) is 5.88 Å². The van der Waals surface area contributed by atoms with E-state index in [9.17, 15) is 9.90 Å². The SMILES string of the molecule is CCC(C(=O)O)=C1CCN(Cc2cccnc2OC)CC1. The lowest BCUT2D eigenvalue weighted by atomic mass is 9.96. The average molecular weight is 290 g/mol. The number of hydrogen-bond donors (Lipinski definition) is 1. The summed E-state index contributed by atoms with van der Waals surface area (Å²) >= 11 is 0. The third kappa shape index (κ3) is 3.82. The molecule has 0 radical (unpaired) electrons. The van der Waals surface area contributed by atoms with Crippen LogP contribution in [0, 0.1) is 0 Å². The number of pyridine rings is 1. The largest absolute Gasteiger partial charge is 0.481 e. The maximum absolute atomic E-state index is 11.2. The number of methoxy groups -OCH3 is 1. The summed E-state index contributed by atoms with van der Waals surface area (Å²) in [5, 5.41) is 9.20. The van der Waals surface area contributed by atoms with Gasteiger partial charge in [0.1, 0.15) is 0 Å². The fraction of sp³-hybridized carbons (Fsp3) is 0.500. The van der Waals surface area contributed by atoms with Crippen molar-refractivity contribution in [3.63, 3.8) is 0 Å². The summed E-state index contributed by atoms with van der Waals surface area (Å²) in [6.07, 6.45) is 3.98. The van der Waals surface area contributed by atoms with Crippen LogP contribution in [0.1, 0.15) is 31.7 Å². The quantitative estimate of drug-likeness (QED) is 0.844. The van der Waals surface area contributed by atoms with Crippen LogP contribution in [-0.2, 0) is 11.3 Å². The Morgan fingerprint density at radius 3 is 2.71 bits per heavy atom. The van der Waals surface area contributed by atoms with Gasteiger partial charge in [-0.2, -0.15) is 0 Å². The number of carboxylic acid groups (broad SMARTS) is 1. The van der Waals surface area contributed by atoms with Crippen LogP contribution in [0.2, 0.25) is 0 Å². The summed E-state index contributed by atoms with van der Waals surface area (Å²) in [5.41, 5.74) is 2.76. The van der Waals surface area contributed by atoms with E-state index in [-0.39, 0.29) is 0 Å². The van der Waals surface area contributed by atoms with Crippen LogP contribution in [0.3, 0.4) is 0 Å². The van der Waals surface area contributed by atoms with Gasteiger partial charge in [0.05, 0.1) is 7.11 Å². The number of aromatic nitrogens is 1. The number of rotatable bonds is 5. The second-order valence-corrected chi connectivity index (χ2v) is 5.19. The van der Waals surface area contributed by atoms with Crippen LogP contribution in [0.5, 0.6) is 5.88 Å². The summed E-state index contributed by atoms with van der Waals surface area (Å²) in [7, 11) is 1.63. The number of nitrogens with zero attached hydrogens (tertiary/aromatic N) is 2. The number of aliphatic carboxylic acids is 1. The number of ether oxygens (including phenoxy) is 1. The number of piperidine rings is 1. The Balaban J connectivity index is 2.00. The molecule has 5 heteroatoms. The monoisotopic (exact) mass is 290 g/mol. The van der Waals surface area contributed by atoms with Crippen LogP contribution >= 0.6 is 0 Å². The zero-order valence-electron chi connectivity index (χ0n) is 12.6. The van der Waals surface area contributed by atoms with E-state index in [1.807, 2.05) is 19.1 Å². The second kappa shape index (κ2) is 7.22. The van der Waals surface area contributed by atoms with Gasteiger partial charge in [0.2, 0.25) is 5.88 Å². The Morgan fingerprint density at radius 2 is 2.14 bits per heavy atom. The number of hydrogen-bond acceptors (Lipinski definition) is 4. The molecule has 1 aliphatic heterocycles. The molecule has 1 N–H and O–H groups in total. The highest BCUT2D eigenvalue weighted by Gasteiger charge is 2.20. The molecular formula is C16H22N2O3. The van der Waals surface area contributed by atoms with Gasteiger partial charge in [-0.3, -0.25) is 4.90 Å². The maximum atomic E-state index is 11.2. The maximum Gasteiger partial charge on any atom is 0.331 e. The predicted octanol–water partition coefficient (Wildman–Crippen LogP) is 2.48. The van der Waals surface area contributed by atoms with Crippen molar-refractivity contribution in [1.29, 1.82) is 0 Å². The lowest BCUT2D eigenvalue weighted by Gasteiger charge is -2.29. The first kappa shape index (κ1) is 15.5. The van der Waals surface area contributed by atoms with E-state index in [1.165, 1.54) is 0 Å². The molecule has 5 nitrogen and oxygen atoms in total. The summed E-state index contributed by atoms with van der Waals surface area (Å²) in [4.78, 5) is 17.7. The van der Waals surface area contributed by atoms with Gasteiger partial charge in [0.25, 0.3) is 0 Å². The molecule has 0 aromatic carbocycles. The topological polar surface area (TPSA) is 62.7 Å². The number of carboxylic acids is 1. The van der Waals surface area contributed by atoms with Crippen molar-refractivity contribution in [1.82, 2.24) is 9.88 Å². The standard InChI is InChI=1S/C16H22N2O3/c1-3-14(16(19)20)12-6-9-18(10-7-12)11-13-5-4-8-17-15(13)21-2/h4-5,8H,3,6-7,9-11H2,1-2H3,(H,19,20). The van der Waals surface area contributed by atoms with E-state index >= 15 is 0 Å². The molecule has 2 heterocycles. The molecule has 0 saturated carbocycles. The molecular weight excluding hydrogens is 268 g/mol. The molecule has 114 valence electrons. The Labute approximate surface area is 125 Å². The molecule has 2 rings (SSSR count). The summed E-state index contributed by atoms with van der Waals surface area (Å²) in [6.45, 7) is 4.45. The highest BCUT2D eigenvalue weighted by molar-refractivity contribution is 5.87. The molecule has 0 spiro atoms. The van der Waals surface area contributed by atoms with Gasteiger partial charge in [-0.05, 0) is 25.3 Å². The number of likely N-dealkylation sites (tertiary alicyclic amines) is 1. The third-order valence-electron chi connectivity index (χ3n) is 3.94. The van der Waals surface area contributed by atoms with Crippen molar-refractivity contribution < 1.29 is 14.6 Å². The zero-order chi connectivity index (χ0) is 15.2. The van der Waals surface area contributed by atoms with E-state index in [0.29, 0.717) is 17.9 Å². The minimum Gasteiger partial charge on any atom is -0.481 e. The summed E-state index contributed by atoms with van der Waals surface area (Å²) in [6, 6.07) is 3.93. The van der Waals surface area contributed by atoms with Crippen molar-refractivity contribution >= 4 is 5.97 Å². The smallest absolute Gasteiger partial charge is 0.331 e. The van der Waals surface area contributed by atoms with Crippen LogP contribution in [0.4, 0.5) is 0 Å². The molecule has 1 fully saturated rings. The molecule has 0 amide bonds. The van der Waals surface area contributed by atoms with Crippen molar-refractivity contribution in [2.75, 3.05) is 20.2 Å². The Hall–Kier alpha value is -1.88. The predicted molar refractivity (Wildman–Crippen MR) is 80.3 cm³/mol. The molecule has 1 aromatic heterocycles. The Kier molecular flexibility index (Phi) is 5.33. The van der Waals surface area contributed by atoms with Gasteiger partial charge in [-0.1, -0.05) is 18.6 Å². The lowest BCUT2D eigenvalue weighted by molar-refractivity contribution is -0.132. The van der Waals surface area contributed by atoms with Gasteiger partial charge in [-0.25, -0.2) is 9.78 Å². The molecule has 1 saturated heterocycles. The first-order valence-corrected chi connectivity index (χ1v) is 7.30. The van der Waals surface area contributed by atoms with Gasteiger partial charge in [0, 0.05) is 37.0 Å². The Bertz CT molecular complexity index is 530. The first-order valence-electron chi connectivity index (χ1n) is 7.30. The van der Waals surface area contributed by atoms with Crippen molar-refractivity contribution in [2.24, 2.45) is 0 Å². The average Bonchev–Trinajstić information content (AvgIpc) is 2.50. The normalized spacial score (nSPS) is 15.8. The van der Waals surface area contributed by atoms with Crippen LogP contribution < -0.4 is 4.74 Å². The zero-order valence-corrected chi connectivity index (χ0v) is 12.6. The minimum atomic E-state index is -0.769. The first-order chi connectivity index (χ1) is 10.2. The molecule has 0 aliphatic carbocycles. The van der Waals surface area contributed by atoms with Gasteiger partial charge in [0.15, 0.2) is 0 Å². The summed E-state index contributed by atoms with van der Waals surface area (Å²) < 4.78 is 5.27. The van der Waals surface area contributed by atoms with Crippen molar-refractivity contribution in [2.45, 2.75) is 32.7 Å². The Morgan fingerprint density at radius 1 is 1.43 bits per heavy atom. The summed E-state index contributed by atoms with van der Waals surface area (Å²) in [5.74, 6) is -0.103. The van der Waals surface area contributed by atoms with Crippen LogP contribution in [0.25, 0.3) is 0 Å². The van der Waals surface area contributed by atoms with Crippen molar-refractivity contribution in [3.05, 3.63) is 35.0 Å². The fourth-order valence-corrected chi connectivity index (χ4v) is 2.80. The highest BCUT2D eigenvalue weighted by atomic mass is 16.5. The van der Waals surface area contributed by atoms with E-state index in [1.54, 1.807) is 13.3 Å². The van der Waals surface area contributed by atoms with Gasteiger partial charge < -0.3 is 9.84 Å². The van der Waals surface area contributed by atoms with E-state index < -0.39 is 5.97 Å². The molecule has 0 atom stereocenters. The van der Waals surface area contributed by atoms with E-state index in [4.69, 9.17) is 4.74 Å². The van der Waals surface area contributed by atoms with Crippen LogP contribution in [0.15, 0.2) is 29.5 Å². The van der Waals surface area contributed by atoms with Crippen LogP contribution in [-0.4, -0.2) is 41.2 Å². The minimum absolute atomic E-state index is 0.591. The number of carbonyl (C=O) groups is 1. The second-order valence-electron chi connectivity index (χ2n) is 5.19. The molecule has 0 bridgehead atoms.